The van der Waals surface area contributed by atoms with E-state index < -0.39 is 0 Å². The summed E-state index contributed by atoms with van der Waals surface area (Å²) in [6.45, 7) is 4.24. The van der Waals surface area contributed by atoms with Gasteiger partial charge in [-0.25, -0.2) is 0 Å². The van der Waals surface area contributed by atoms with Crippen molar-refractivity contribution in [3.8, 4) is 0 Å². The van der Waals surface area contributed by atoms with E-state index in [4.69, 9.17) is 0 Å². The Morgan fingerprint density at radius 1 is 1.40 bits per heavy atom. The van der Waals surface area contributed by atoms with Crippen LogP contribution in [0.5, 0.6) is 0 Å². The van der Waals surface area contributed by atoms with Crippen LogP contribution in [0.2, 0.25) is 0 Å². The van der Waals surface area contributed by atoms with Crippen molar-refractivity contribution >= 4 is 21.7 Å². The Labute approximate surface area is 100 Å². The molecule has 0 aliphatic rings. The van der Waals surface area contributed by atoms with E-state index >= 15 is 0 Å². The monoisotopic (exact) mass is 268 g/mol. The van der Waals surface area contributed by atoms with Gasteiger partial charge in [0.2, 0.25) is 0 Å². The minimum Gasteiger partial charge on any atom is -0.299 e. The standard InChI is InChI=1S/C13H17BrO/c1-3-10(2)8-12(15)9-11-6-4-5-7-13(11)14/h4-7,10H,3,8-9H2,1-2H3. The number of carbonyl (C=O) groups excluding carboxylic acids is 1. The second-order valence-electron chi connectivity index (χ2n) is 4.02. The van der Waals surface area contributed by atoms with Crippen LogP contribution in [0.4, 0.5) is 0 Å². The summed E-state index contributed by atoms with van der Waals surface area (Å²) in [5, 5.41) is 0. The van der Waals surface area contributed by atoms with Gasteiger partial charge in [-0.2, -0.15) is 0 Å². The second kappa shape index (κ2) is 6.06. The number of hydrogen-bond donors (Lipinski definition) is 0. The van der Waals surface area contributed by atoms with Crippen LogP contribution in [0, 0.1) is 5.92 Å². The van der Waals surface area contributed by atoms with Gasteiger partial charge in [-0.1, -0.05) is 54.4 Å². The first-order valence-electron chi connectivity index (χ1n) is 5.38. The van der Waals surface area contributed by atoms with E-state index in [1.165, 1.54) is 0 Å². The van der Waals surface area contributed by atoms with Crippen molar-refractivity contribution in [1.82, 2.24) is 0 Å². The zero-order valence-electron chi connectivity index (χ0n) is 9.29. The highest BCUT2D eigenvalue weighted by molar-refractivity contribution is 9.10. The summed E-state index contributed by atoms with van der Waals surface area (Å²) in [4.78, 5) is 11.7. The van der Waals surface area contributed by atoms with Crippen molar-refractivity contribution < 1.29 is 4.79 Å². The van der Waals surface area contributed by atoms with Gasteiger partial charge in [0.15, 0.2) is 0 Å². The van der Waals surface area contributed by atoms with E-state index in [9.17, 15) is 4.79 Å². The summed E-state index contributed by atoms with van der Waals surface area (Å²) in [5.41, 5.74) is 1.09. The van der Waals surface area contributed by atoms with Crippen molar-refractivity contribution in [1.29, 1.82) is 0 Å². The lowest BCUT2D eigenvalue weighted by Crippen LogP contribution is -2.08. The fraction of sp³-hybridized carbons (Fsp3) is 0.462. The number of ketones is 1. The molecule has 0 amide bonds. The van der Waals surface area contributed by atoms with Gasteiger partial charge in [-0.15, -0.1) is 0 Å². The molecule has 0 radical (unpaired) electrons. The third-order valence-corrected chi connectivity index (χ3v) is 3.39. The number of benzene rings is 1. The Kier molecular flexibility index (Phi) is 5.03. The molecule has 1 atom stereocenters. The molecule has 0 saturated carbocycles. The lowest BCUT2D eigenvalue weighted by molar-refractivity contribution is -0.119. The molecule has 1 nitrogen and oxygen atoms in total. The molecular weight excluding hydrogens is 252 g/mol. The highest BCUT2D eigenvalue weighted by atomic mass is 79.9. The van der Waals surface area contributed by atoms with Gasteiger partial charge in [0, 0.05) is 17.3 Å². The molecule has 1 unspecified atom stereocenters. The van der Waals surface area contributed by atoms with Crippen LogP contribution in [0.3, 0.4) is 0 Å². The van der Waals surface area contributed by atoms with Crippen molar-refractivity contribution in [3.63, 3.8) is 0 Å². The fourth-order valence-electron chi connectivity index (χ4n) is 1.46. The predicted octanol–water partition coefficient (Wildman–Crippen LogP) is 4.00. The first kappa shape index (κ1) is 12.4. The molecule has 0 bridgehead atoms. The quantitative estimate of drug-likeness (QED) is 0.789. The zero-order valence-corrected chi connectivity index (χ0v) is 10.9. The highest BCUT2D eigenvalue weighted by Crippen LogP contribution is 2.18. The Hall–Kier alpha value is -0.630. The first-order valence-corrected chi connectivity index (χ1v) is 6.18. The molecule has 1 rings (SSSR count). The van der Waals surface area contributed by atoms with Crippen LogP contribution in [0.15, 0.2) is 28.7 Å². The molecule has 0 spiro atoms. The highest BCUT2D eigenvalue weighted by Gasteiger charge is 2.09. The summed E-state index contributed by atoms with van der Waals surface area (Å²) in [6.07, 6.45) is 2.31. The molecular formula is C13H17BrO. The maximum Gasteiger partial charge on any atom is 0.137 e. The van der Waals surface area contributed by atoms with E-state index in [2.05, 4.69) is 29.8 Å². The van der Waals surface area contributed by atoms with Crippen molar-refractivity contribution in [2.75, 3.05) is 0 Å². The molecule has 0 heterocycles. The number of Topliss-reactive ketones (excluding diaryl/α,β-unsaturated/α-hetero) is 1. The molecule has 0 saturated heterocycles. The van der Waals surface area contributed by atoms with E-state index in [-0.39, 0.29) is 0 Å². The summed E-state index contributed by atoms with van der Waals surface area (Å²) in [5.74, 6) is 0.830. The number of carbonyl (C=O) groups is 1. The third-order valence-electron chi connectivity index (χ3n) is 2.62. The number of rotatable bonds is 5. The van der Waals surface area contributed by atoms with Gasteiger partial charge < -0.3 is 0 Å². The lowest BCUT2D eigenvalue weighted by atomic mass is 9.98. The summed E-state index contributed by atoms with van der Waals surface area (Å²) in [7, 11) is 0. The molecule has 15 heavy (non-hydrogen) atoms. The normalized spacial score (nSPS) is 12.5. The minimum absolute atomic E-state index is 0.330. The van der Waals surface area contributed by atoms with E-state index in [0.29, 0.717) is 24.5 Å². The lowest BCUT2D eigenvalue weighted by Gasteiger charge is -2.08. The van der Waals surface area contributed by atoms with Crippen LogP contribution in [-0.2, 0) is 11.2 Å². The van der Waals surface area contributed by atoms with Gasteiger partial charge in [0.1, 0.15) is 5.78 Å². The summed E-state index contributed by atoms with van der Waals surface area (Å²) < 4.78 is 1.03. The molecule has 1 aromatic carbocycles. The molecule has 1 aromatic rings. The molecule has 0 fully saturated rings. The Balaban J connectivity index is 2.55. The molecule has 0 aromatic heterocycles. The predicted molar refractivity (Wildman–Crippen MR) is 66.9 cm³/mol. The summed E-state index contributed by atoms with van der Waals surface area (Å²) in [6, 6.07) is 7.91. The molecule has 2 heteroatoms. The topological polar surface area (TPSA) is 17.1 Å². The summed E-state index contributed by atoms with van der Waals surface area (Å²) >= 11 is 3.46. The minimum atomic E-state index is 0.330. The van der Waals surface area contributed by atoms with Crippen LogP contribution in [-0.4, -0.2) is 5.78 Å². The number of hydrogen-bond acceptors (Lipinski definition) is 1. The SMILES string of the molecule is CCC(C)CC(=O)Cc1ccccc1Br. The fourth-order valence-corrected chi connectivity index (χ4v) is 1.88. The maximum atomic E-state index is 11.7. The Morgan fingerprint density at radius 2 is 2.07 bits per heavy atom. The smallest absolute Gasteiger partial charge is 0.137 e. The molecule has 0 aliphatic heterocycles. The van der Waals surface area contributed by atoms with Gasteiger partial charge >= 0.3 is 0 Å². The van der Waals surface area contributed by atoms with E-state index in [1.807, 2.05) is 24.3 Å². The van der Waals surface area contributed by atoms with E-state index in [0.717, 1.165) is 16.5 Å². The zero-order chi connectivity index (χ0) is 11.3. The Bertz CT molecular complexity index is 333. The van der Waals surface area contributed by atoms with Crippen molar-refractivity contribution in [3.05, 3.63) is 34.3 Å². The maximum absolute atomic E-state index is 11.7. The van der Waals surface area contributed by atoms with Crippen molar-refractivity contribution in [2.45, 2.75) is 33.1 Å². The molecule has 0 aliphatic carbocycles. The van der Waals surface area contributed by atoms with Gasteiger partial charge in [-0.05, 0) is 17.5 Å². The van der Waals surface area contributed by atoms with Gasteiger partial charge in [-0.3, -0.25) is 4.79 Å². The second-order valence-corrected chi connectivity index (χ2v) is 4.88. The van der Waals surface area contributed by atoms with Crippen molar-refractivity contribution in [2.24, 2.45) is 5.92 Å². The molecule has 0 N–H and O–H groups in total. The average molecular weight is 269 g/mol. The first-order chi connectivity index (χ1) is 7.13. The van der Waals surface area contributed by atoms with Gasteiger partial charge in [0.25, 0.3) is 0 Å². The largest absolute Gasteiger partial charge is 0.299 e. The van der Waals surface area contributed by atoms with Crippen LogP contribution < -0.4 is 0 Å². The average Bonchev–Trinajstić information content (AvgIpc) is 2.21. The van der Waals surface area contributed by atoms with E-state index in [1.54, 1.807) is 0 Å². The van der Waals surface area contributed by atoms with Crippen LogP contribution >= 0.6 is 15.9 Å². The van der Waals surface area contributed by atoms with Crippen LogP contribution in [0.25, 0.3) is 0 Å². The molecule has 82 valence electrons. The van der Waals surface area contributed by atoms with Crippen LogP contribution in [0.1, 0.15) is 32.3 Å². The Morgan fingerprint density at radius 3 is 2.67 bits per heavy atom. The third kappa shape index (κ3) is 4.17. The number of halogens is 1. The van der Waals surface area contributed by atoms with Gasteiger partial charge in [0.05, 0.1) is 0 Å².